The van der Waals surface area contributed by atoms with E-state index in [-0.39, 0.29) is 0 Å². The van der Waals surface area contributed by atoms with Gasteiger partial charge in [-0.3, -0.25) is 0 Å². The van der Waals surface area contributed by atoms with Crippen LogP contribution in [0.5, 0.6) is 0 Å². The fraction of sp³-hybridized carbons (Fsp3) is 0.0149. The average molecular weight is 952 g/mol. The van der Waals surface area contributed by atoms with Crippen LogP contribution in [0.2, 0.25) is 0 Å². The summed E-state index contributed by atoms with van der Waals surface area (Å²) in [5.41, 5.74) is 15.2. The number of aliphatic imine (C=N–C) groups is 2. The van der Waals surface area contributed by atoms with Crippen LogP contribution in [-0.2, 0) is 0 Å². The maximum atomic E-state index is 6.67. The number of fused-ring (bicyclic) bond motifs is 10. The second-order valence-corrected chi connectivity index (χ2v) is 20.0. The van der Waals surface area contributed by atoms with Crippen LogP contribution in [0.1, 0.15) is 22.9 Å². The molecular weight excluding hydrogens is 911 g/mol. The summed E-state index contributed by atoms with van der Waals surface area (Å²) in [6, 6.07) is 84.1. The standard InChI is InChI=1S/C67H41N3O2S/c1-3-13-40(14-4-1)48-35-49(41-15-5-2-6-16-41)37-50(36-48)66-68-65(69-67(70-66)56-21-11-20-54-52-17-7-9-22-58(52)72-64(54)56)46-28-26-42-25-27-45(33-47(42)34-46)51-19-12-23-59-63(51)55-31-29-44(39-60(55)71-59)43-30-32-62-57(38-43)53-18-8-10-24-61(53)73-62/h1-39,67H,(H,68,69,70). The van der Waals surface area contributed by atoms with E-state index in [1.807, 2.05) is 23.5 Å². The molecule has 0 fully saturated rings. The van der Waals surface area contributed by atoms with E-state index in [9.17, 15) is 0 Å². The maximum Gasteiger partial charge on any atom is 0.159 e. The Hall–Kier alpha value is -9.36. The zero-order valence-electron chi connectivity index (χ0n) is 39.2. The SMILES string of the molecule is c1ccc(-c2cc(C3=NC(c4cccc5c4oc4ccccc45)NC(c4ccc5ccc(-c6cccc7oc8cc(-c9ccc%10sc%11ccccc%11c%10c9)ccc8c67)cc5c4)=N3)cc(-c3ccccc3)c2)cc1. The number of rotatable bonds is 7. The van der Waals surface area contributed by atoms with Gasteiger partial charge in [0.2, 0.25) is 0 Å². The maximum absolute atomic E-state index is 6.67. The zero-order valence-corrected chi connectivity index (χ0v) is 40.0. The van der Waals surface area contributed by atoms with Crippen LogP contribution in [0.4, 0.5) is 0 Å². The Morgan fingerprint density at radius 3 is 1.85 bits per heavy atom. The Morgan fingerprint density at radius 1 is 0.370 bits per heavy atom. The summed E-state index contributed by atoms with van der Waals surface area (Å²) >= 11 is 1.84. The van der Waals surface area contributed by atoms with Crippen molar-refractivity contribution in [1.82, 2.24) is 5.32 Å². The Bertz CT molecular complexity index is 4540. The van der Waals surface area contributed by atoms with Crippen molar-refractivity contribution in [3.05, 3.63) is 253 Å². The Labute approximate surface area is 423 Å². The lowest BCUT2D eigenvalue weighted by molar-refractivity contribution is 0.628. The van der Waals surface area contributed by atoms with E-state index in [0.29, 0.717) is 5.84 Å². The molecule has 1 unspecified atom stereocenters. The number of nitrogens with zero attached hydrogens (tertiary/aromatic N) is 2. The van der Waals surface area contributed by atoms with Crippen molar-refractivity contribution < 1.29 is 8.83 Å². The van der Waals surface area contributed by atoms with Gasteiger partial charge in [-0.25, -0.2) is 9.98 Å². The van der Waals surface area contributed by atoms with Gasteiger partial charge in [-0.2, -0.15) is 0 Å². The third-order valence-corrected chi connectivity index (χ3v) is 15.7. The molecule has 342 valence electrons. The first-order valence-corrected chi connectivity index (χ1v) is 25.4. The van der Waals surface area contributed by atoms with Gasteiger partial charge in [0.05, 0.1) is 0 Å². The van der Waals surface area contributed by atoms with Gasteiger partial charge < -0.3 is 14.2 Å². The van der Waals surface area contributed by atoms with Crippen LogP contribution in [-0.4, -0.2) is 11.7 Å². The molecule has 73 heavy (non-hydrogen) atoms. The van der Waals surface area contributed by atoms with Crippen LogP contribution >= 0.6 is 11.3 Å². The first-order valence-electron chi connectivity index (χ1n) is 24.6. The van der Waals surface area contributed by atoms with Crippen molar-refractivity contribution in [3.8, 4) is 44.5 Å². The average Bonchev–Trinajstić information content (AvgIpc) is 4.16. The molecule has 3 aromatic heterocycles. The Kier molecular flexibility index (Phi) is 9.44. The first-order chi connectivity index (χ1) is 36.1. The van der Waals surface area contributed by atoms with E-state index in [1.54, 1.807) is 0 Å². The van der Waals surface area contributed by atoms with E-state index >= 15 is 0 Å². The summed E-state index contributed by atoms with van der Waals surface area (Å²) in [6.07, 6.45) is -0.500. The molecule has 0 spiro atoms. The predicted octanol–water partition coefficient (Wildman–Crippen LogP) is 18.2. The fourth-order valence-corrected chi connectivity index (χ4v) is 12.0. The van der Waals surface area contributed by atoms with Crippen molar-refractivity contribution in [2.75, 3.05) is 0 Å². The van der Waals surface area contributed by atoms with Gasteiger partial charge in [-0.1, -0.05) is 164 Å². The molecular formula is C67H41N3O2S. The van der Waals surface area contributed by atoms with E-state index in [4.69, 9.17) is 18.8 Å². The zero-order chi connectivity index (χ0) is 48.0. The van der Waals surface area contributed by atoms with Gasteiger partial charge in [0.25, 0.3) is 0 Å². The normalized spacial score (nSPS) is 13.9. The van der Waals surface area contributed by atoms with Crippen LogP contribution in [0.15, 0.2) is 255 Å². The van der Waals surface area contributed by atoms with Crippen LogP contribution in [0, 0.1) is 0 Å². The van der Waals surface area contributed by atoms with Gasteiger partial charge in [0.15, 0.2) is 12.0 Å². The minimum absolute atomic E-state index is 0.500. The van der Waals surface area contributed by atoms with Crippen LogP contribution < -0.4 is 5.32 Å². The number of nitrogens with one attached hydrogen (secondary N) is 1. The largest absolute Gasteiger partial charge is 0.456 e. The number of thiophene rings is 1. The highest BCUT2D eigenvalue weighted by Gasteiger charge is 2.26. The molecule has 0 saturated carbocycles. The molecule has 1 aliphatic rings. The molecule has 6 heteroatoms. The molecule has 5 nitrogen and oxygen atoms in total. The van der Waals surface area contributed by atoms with Gasteiger partial charge in [0, 0.05) is 58.4 Å². The van der Waals surface area contributed by atoms with Gasteiger partial charge in [-0.05, 0) is 128 Å². The topological polar surface area (TPSA) is 63.0 Å². The van der Waals surface area contributed by atoms with Crippen molar-refractivity contribution in [1.29, 1.82) is 0 Å². The molecule has 0 aliphatic carbocycles. The monoisotopic (exact) mass is 951 g/mol. The summed E-state index contributed by atoms with van der Waals surface area (Å²) in [5.74, 6) is 1.37. The molecule has 0 amide bonds. The number of hydrogen-bond donors (Lipinski definition) is 1. The second kappa shape index (κ2) is 16.6. The number of furan rings is 2. The number of amidine groups is 2. The Balaban J connectivity index is 0.846. The first kappa shape index (κ1) is 41.4. The van der Waals surface area contributed by atoms with Crippen molar-refractivity contribution in [2.45, 2.75) is 6.17 Å². The third kappa shape index (κ3) is 7.06. The molecule has 4 heterocycles. The molecule has 11 aromatic carbocycles. The highest BCUT2D eigenvalue weighted by Crippen LogP contribution is 2.42. The molecule has 1 atom stereocenters. The lowest BCUT2D eigenvalue weighted by Crippen LogP contribution is -2.33. The molecule has 0 saturated heterocycles. The van der Waals surface area contributed by atoms with E-state index in [0.717, 1.165) is 116 Å². The highest BCUT2D eigenvalue weighted by atomic mass is 32.1. The van der Waals surface area contributed by atoms with Gasteiger partial charge >= 0.3 is 0 Å². The molecule has 15 rings (SSSR count). The van der Waals surface area contributed by atoms with Gasteiger partial charge in [0.1, 0.15) is 28.2 Å². The molecule has 0 bridgehead atoms. The number of benzene rings is 11. The summed E-state index contributed by atoms with van der Waals surface area (Å²) in [4.78, 5) is 10.9. The van der Waals surface area contributed by atoms with Crippen molar-refractivity contribution >= 4 is 97.8 Å². The van der Waals surface area contributed by atoms with Crippen LogP contribution in [0.3, 0.4) is 0 Å². The Morgan fingerprint density at radius 2 is 1.01 bits per heavy atom. The summed E-state index contributed by atoms with van der Waals surface area (Å²) in [7, 11) is 0. The van der Waals surface area contributed by atoms with Gasteiger partial charge in [-0.15, -0.1) is 11.3 Å². The number of para-hydroxylation sites is 2. The lowest BCUT2D eigenvalue weighted by Gasteiger charge is -2.24. The van der Waals surface area contributed by atoms with Crippen LogP contribution in [0.25, 0.3) is 119 Å². The molecule has 0 radical (unpaired) electrons. The minimum Gasteiger partial charge on any atom is -0.456 e. The predicted molar refractivity (Wildman–Crippen MR) is 305 cm³/mol. The molecule has 1 N–H and O–H groups in total. The van der Waals surface area contributed by atoms with E-state index in [1.165, 1.54) is 25.7 Å². The highest BCUT2D eigenvalue weighted by molar-refractivity contribution is 7.25. The van der Waals surface area contributed by atoms with E-state index in [2.05, 4.69) is 230 Å². The quantitative estimate of drug-likeness (QED) is 0.173. The molecule has 1 aliphatic heterocycles. The fourth-order valence-electron chi connectivity index (χ4n) is 10.9. The second-order valence-electron chi connectivity index (χ2n) is 18.9. The summed E-state index contributed by atoms with van der Waals surface area (Å²) < 4.78 is 15.9. The third-order valence-electron chi connectivity index (χ3n) is 14.5. The summed E-state index contributed by atoms with van der Waals surface area (Å²) in [5, 5.41) is 12.9. The summed E-state index contributed by atoms with van der Waals surface area (Å²) in [6.45, 7) is 0. The number of hydrogen-bond acceptors (Lipinski definition) is 6. The van der Waals surface area contributed by atoms with Crippen molar-refractivity contribution in [2.24, 2.45) is 9.98 Å². The van der Waals surface area contributed by atoms with Crippen molar-refractivity contribution in [3.63, 3.8) is 0 Å². The van der Waals surface area contributed by atoms with E-state index < -0.39 is 6.17 Å². The minimum atomic E-state index is -0.500. The lowest BCUT2D eigenvalue weighted by atomic mass is 9.95. The smallest absolute Gasteiger partial charge is 0.159 e. The molecule has 14 aromatic rings.